The number of aromatic nitrogens is 2. The fourth-order valence-corrected chi connectivity index (χ4v) is 2.92. The minimum atomic E-state index is 0.779. The van der Waals surface area contributed by atoms with Gasteiger partial charge in [-0.05, 0) is 6.92 Å². The SMILES string of the molecule is CCc1cnc(CSc2cnc(C)s2)o1. The quantitative estimate of drug-likeness (QED) is 0.769. The van der Waals surface area contributed by atoms with E-state index in [-0.39, 0.29) is 0 Å². The van der Waals surface area contributed by atoms with Crippen LogP contribution in [0.4, 0.5) is 0 Å². The number of hydrogen-bond acceptors (Lipinski definition) is 5. The molecule has 15 heavy (non-hydrogen) atoms. The second-order valence-corrected chi connectivity index (χ2v) is 5.57. The number of nitrogens with zero attached hydrogens (tertiary/aromatic N) is 2. The van der Waals surface area contributed by atoms with Gasteiger partial charge in [-0.3, -0.25) is 0 Å². The highest BCUT2D eigenvalue weighted by molar-refractivity contribution is 8.00. The van der Waals surface area contributed by atoms with Gasteiger partial charge in [-0.2, -0.15) is 0 Å². The summed E-state index contributed by atoms with van der Waals surface area (Å²) in [5, 5.41) is 1.10. The molecular weight excluding hydrogens is 228 g/mol. The Hall–Kier alpha value is -0.810. The lowest BCUT2D eigenvalue weighted by Gasteiger charge is -1.92. The molecule has 0 atom stereocenters. The van der Waals surface area contributed by atoms with E-state index in [4.69, 9.17) is 4.42 Å². The first kappa shape index (κ1) is 10.7. The molecule has 0 N–H and O–H groups in total. The topological polar surface area (TPSA) is 38.9 Å². The maximum absolute atomic E-state index is 5.51. The van der Waals surface area contributed by atoms with E-state index in [9.17, 15) is 0 Å². The van der Waals surface area contributed by atoms with E-state index in [1.165, 1.54) is 4.21 Å². The highest BCUT2D eigenvalue weighted by atomic mass is 32.2. The summed E-state index contributed by atoms with van der Waals surface area (Å²) >= 11 is 3.42. The van der Waals surface area contributed by atoms with E-state index >= 15 is 0 Å². The predicted octanol–water partition coefficient (Wildman–Crippen LogP) is 3.29. The van der Waals surface area contributed by atoms with Crippen LogP contribution in [-0.4, -0.2) is 9.97 Å². The third kappa shape index (κ3) is 2.82. The lowest BCUT2D eigenvalue weighted by molar-refractivity contribution is 0.476. The minimum absolute atomic E-state index is 0.779. The molecule has 0 aromatic carbocycles. The minimum Gasteiger partial charge on any atom is -0.445 e. The first-order valence-corrected chi connectivity index (χ1v) is 6.57. The summed E-state index contributed by atoms with van der Waals surface area (Å²) in [6.45, 7) is 4.07. The summed E-state index contributed by atoms with van der Waals surface area (Å²) < 4.78 is 6.73. The highest BCUT2D eigenvalue weighted by Gasteiger charge is 2.04. The molecule has 0 aliphatic heterocycles. The Labute approximate surface area is 96.9 Å². The maximum atomic E-state index is 5.51. The van der Waals surface area contributed by atoms with E-state index in [0.717, 1.165) is 28.8 Å². The van der Waals surface area contributed by atoms with Gasteiger partial charge in [0, 0.05) is 6.42 Å². The first-order chi connectivity index (χ1) is 7.28. The highest BCUT2D eigenvalue weighted by Crippen LogP contribution is 2.27. The van der Waals surface area contributed by atoms with Crippen LogP contribution in [0.1, 0.15) is 23.6 Å². The number of thioether (sulfide) groups is 1. The summed E-state index contributed by atoms with van der Waals surface area (Å²) in [7, 11) is 0. The summed E-state index contributed by atoms with van der Waals surface area (Å²) in [5.41, 5.74) is 0. The zero-order valence-electron chi connectivity index (χ0n) is 8.69. The van der Waals surface area contributed by atoms with Crippen LogP contribution in [-0.2, 0) is 12.2 Å². The van der Waals surface area contributed by atoms with Gasteiger partial charge in [-0.15, -0.1) is 23.1 Å². The van der Waals surface area contributed by atoms with Gasteiger partial charge in [0.15, 0.2) is 0 Å². The van der Waals surface area contributed by atoms with Crippen molar-refractivity contribution in [2.45, 2.75) is 30.2 Å². The molecule has 3 nitrogen and oxygen atoms in total. The average Bonchev–Trinajstić information content (AvgIpc) is 2.83. The van der Waals surface area contributed by atoms with Crippen molar-refractivity contribution in [3.8, 4) is 0 Å². The Morgan fingerprint density at radius 2 is 2.27 bits per heavy atom. The van der Waals surface area contributed by atoms with Crippen LogP contribution in [0, 0.1) is 6.92 Å². The summed E-state index contributed by atoms with van der Waals surface area (Å²) in [5.74, 6) is 2.52. The Kier molecular flexibility index (Phi) is 3.43. The third-order valence-corrected chi connectivity index (χ3v) is 3.98. The van der Waals surface area contributed by atoms with Gasteiger partial charge in [-0.25, -0.2) is 9.97 Å². The first-order valence-electron chi connectivity index (χ1n) is 4.76. The standard InChI is InChI=1S/C10H12N2OS2/c1-3-8-4-12-9(13-8)6-14-10-5-11-7(2)15-10/h4-5H,3,6H2,1-2H3. The number of rotatable bonds is 4. The predicted molar refractivity (Wildman–Crippen MR) is 62.3 cm³/mol. The van der Waals surface area contributed by atoms with E-state index < -0.39 is 0 Å². The Morgan fingerprint density at radius 3 is 2.87 bits per heavy atom. The summed E-state index contributed by atoms with van der Waals surface area (Å²) in [6.07, 6.45) is 4.60. The van der Waals surface area contributed by atoms with Crippen molar-refractivity contribution in [3.05, 3.63) is 29.1 Å². The Balaban J connectivity index is 1.93. The zero-order valence-corrected chi connectivity index (χ0v) is 10.3. The molecule has 2 heterocycles. The lowest BCUT2D eigenvalue weighted by atomic mass is 10.4. The zero-order chi connectivity index (χ0) is 10.7. The van der Waals surface area contributed by atoms with Crippen LogP contribution in [0.15, 0.2) is 21.0 Å². The maximum Gasteiger partial charge on any atom is 0.204 e. The van der Waals surface area contributed by atoms with Gasteiger partial charge in [0.25, 0.3) is 0 Å². The van der Waals surface area contributed by atoms with Gasteiger partial charge < -0.3 is 4.42 Å². The number of hydrogen-bond donors (Lipinski definition) is 0. The largest absolute Gasteiger partial charge is 0.445 e. The summed E-state index contributed by atoms with van der Waals surface area (Å²) in [4.78, 5) is 8.40. The molecule has 0 unspecified atom stereocenters. The van der Waals surface area contributed by atoms with E-state index in [0.29, 0.717) is 0 Å². The normalized spacial score (nSPS) is 10.8. The monoisotopic (exact) mass is 240 g/mol. The second kappa shape index (κ2) is 4.81. The van der Waals surface area contributed by atoms with Crippen molar-refractivity contribution in [3.63, 3.8) is 0 Å². The van der Waals surface area contributed by atoms with Crippen LogP contribution in [0.3, 0.4) is 0 Å². The third-order valence-electron chi connectivity index (χ3n) is 1.89. The average molecular weight is 240 g/mol. The van der Waals surface area contributed by atoms with Crippen molar-refractivity contribution >= 4 is 23.1 Å². The molecule has 2 aromatic heterocycles. The van der Waals surface area contributed by atoms with Crippen molar-refractivity contribution in [2.75, 3.05) is 0 Å². The van der Waals surface area contributed by atoms with E-state index in [2.05, 4.69) is 16.9 Å². The molecule has 0 amide bonds. The van der Waals surface area contributed by atoms with E-state index in [1.807, 2.05) is 13.1 Å². The smallest absolute Gasteiger partial charge is 0.204 e. The van der Waals surface area contributed by atoms with Gasteiger partial charge in [-0.1, -0.05) is 6.92 Å². The van der Waals surface area contributed by atoms with Crippen molar-refractivity contribution in [1.29, 1.82) is 0 Å². The van der Waals surface area contributed by atoms with Crippen LogP contribution in [0.5, 0.6) is 0 Å². The molecule has 0 radical (unpaired) electrons. The Bertz CT molecular complexity index is 436. The lowest BCUT2D eigenvalue weighted by Crippen LogP contribution is -1.77. The second-order valence-electron chi connectivity index (χ2n) is 3.06. The molecule has 0 saturated carbocycles. The molecule has 0 aliphatic carbocycles. The van der Waals surface area contributed by atoms with Gasteiger partial charge in [0.1, 0.15) is 5.76 Å². The van der Waals surface area contributed by atoms with Crippen molar-refractivity contribution in [2.24, 2.45) is 0 Å². The van der Waals surface area contributed by atoms with Crippen LogP contribution in [0.25, 0.3) is 0 Å². The van der Waals surface area contributed by atoms with Gasteiger partial charge >= 0.3 is 0 Å². The number of thiazole rings is 1. The van der Waals surface area contributed by atoms with Crippen LogP contribution < -0.4 is 0 Å². The molecule has 0 aliphatic rings. The fourth-order valence-electron chi connectivity index (χ4n) is 1.12. The van der Waals surface area contributed by atoms with E-state index in [1.54, 1.807) is 29.3 Å². The molecule has 2 rings (SSSR count). The summed E-state index contributed by atoms with van der Waals surface area (Å²) in [6, 6.07) is 0. The molecular formula is C10H12N2OS2. The van der Waals surface area contributed by atoms with Gasteiger partial charge in [0.2, 0.25) is 5.89 Å². The number of aryl methyl sites for hydroxylation is 2. The van der Waals surface area contributed by atoms with Gasteiger partial charge in [0.05, 0.1) is 27.4 Å². The molecule has 0 spiro atoms. The van der Waals surface area contributed by atoms with Crippen molar-refractivity contribution < 1.29 is 4.42 Å². The molecule has 80 valence electrons. The molecule has 0 fully saturated rings. The molecule has 5 heteroatoms. The van der Waals surface area contributed by atoms with Crippen LogP contribution >= 0.6 is 23.1 Å². The molecule has 0 saturated heterocycles. The molecule has 2 aromatic rings. The molecule has 0 bridgehead atoms. The van der Waals surface area contributed by atoms with Crippen molar-refractivity contribution in [1.82, 2.24) is 9.97 Å². The number of oxazole rings is 1. The Morgan fingerprint density at radius 1 is 1.40 bits per heavy atom. The van der Waals surface area contributed by atoms with Crippen LogP contribution in [0.2, 0.25) is 0 Å². The fraction of sp³-hybridized carbons (Fsp3) is 0.400.